The molecule has 0 aromatic heterocycles. The first-order valence-corrected chi connectivity index (χ1v) is 4.48. The van der Waals surface area contributed by atoms with Crippen molar-refractivity contribution in [3.8, 4) is 0 Å². The Labute approximate surface area is 95.0 Å². The number of nitrogens with two attached hydrogens (primary N) is 2. The molecule has 78 valence electrons. The van der Waals surface area contributed by atoms with Gasteiger partial charge in [0.05, 0.1) is 5.70 Å². The van der Waals surface area contributed by atoms with Gasteiger partial charge in [-0.05, 0) is 10.8 Å². The second-order valence-electron chi connectivity index (χ2n) is 3.15. The van der Waals surface area contributed by atoms with Crippen LogP contribution in [0.5, 0.6) is 0 Å². The zero-order valence-corrected chi connectivity index (χ0v) is 9.00. The molecule has 0 spiro atoms. The van der Waals surface area contributed by atoms with Crippen LogP contribution < -0.4 is 11.5 Å². The predicted octanol–water partition coefficient (Wildman–Crippen LogP) is 2.48. The summed E-state index contributed by atoms with van der Waals surface area (Å²) < 4.78 is 0. The van der Waals surface area contributed by atoms with Crippen LogP contribution in [0.2, 0.25) is 0 Å². The smallest absolute Gasteiger partial charge is 0.0551 e. The third-order valence-electron chi connectivity index (χ3n) is 2.28. The molecule has 0 aliphatic heterocycles. The Morgan fingerprint density at radius 1 is 1.00 bits per heavy atom. The van der Waals surface area contributed by atoms with Gasteiger partial charge in [-0.1, -0.05) is 42.5 Å². The molecule has 0 saturated carbocycles. The normalized spacial score (nSPS) is 11.1. The molecule has 15 heavy (non-hydrogen) atoms. The minimum Gasteiger partial charge on any atom is -0.403 e. The largest absolute Gasteiger partial charge is 0.403 e. The first kappa shape index (κ1) is 11.4. The summed E-state index contributed by atoms with van der Waals surface area (Å²) in [5.74, 6) is 0. The average Bonchev–Trinajstić information content (AvgIpc) is 2.27. The Morgan fingerprint density at radius 3 is 2.40 bits per heavy atom. The fourth-order valence-electron chi connectivity index (χ4n) is 1.57. The topological polar surface area (TPSA) is 52.0 Å². The summed E-state index contributed by atoms with van der Waals surface area (Å²) in [6.07, 6.45) is 1.43. The summed E-state index contributed by atoms with van der Waals surface area (Å²) in [6, 6.07) is 14.1. The van der Waals surface area contributed by atoms with Crippen molar-refractivity contribution in [2.75, 3.05) is 0 Å². The highest BCUT2D eigenvalue weighted by Gasteiger charge is 2.01. The number of hydrogen-bond acceptors (Lipinski definition) is 2. The lowest BCUT2D eigenvalue weighted by Gasteiger charge is -2.05. The van der Waals surface area contributed by atoms with Gasteiger partial charge >= 0.3 is 0 Å². The fourth-order valence-corrected chi connectivity index (χ4v) is 1.57. The lowest BCUT2D eigenvalue weighted by atomic mass is 10.0. The second-order valence-corrected chi connectivity index (χ2v) is 3.15. The van der Waals surface area contributed by atoms with Crippen LogP contribution in [-0.2, 0) is 0 Å². The first-order valence-electron chi connectivity index (χ1n) is 4.48. The van der Waals surface area contributed by atoms with Gasteiger partial charge in [-0.2, -0.15) is 0 Å². The molecule has 0 unspecified atom stereocenters. The summed E-state index contributed by atoms with van der Waals surface area (Å²) in [5.41, 5.74) is 12.8. The minimum atomic E-state index is 0. The van der Waals surface area contributed by atoms with Crippen molar-refractivity contribution in [2.45, 2.75) is 0 Å². The average molecular weight is 221 g/mol. The molecule has 3 heteroatoms. The predicted molar refractivity (Wildman–Crippen MR) is 67.5 cm³/mol. The van der Waals surface area contributed by atoms with Crippen LogP contribution in [-0.4, -0.2) is 0 Å². The Hall–Kier alpha value is -1.67. The van der Waals surface area contributed by atoms with Crippen molar-refractivity contribution in [2.24, 2.45) is 11.5 Å². The van der Waals surface area contributed by atoms with E-state index in [2.05, 4.69) is 12.1 Å². The van der Waals surface area contributed by atoms with Crippen LogP contribution in [0.4, 0.5) is 0 Å². The Bertz CT molecular complexity index is 486. The fraction of sp³-hybridized carbons (Fsp3) is 0. The maximum atomic E-state index is 5.80. The van der Waals surface area contributed by atoms with Crippen molar-refractivity contribution in [1.82, 2.24) is 0 Å². The van der Waals surface area contributed by atoms with E-state index in [4.69, 9.17) is 11.5 Å². The van der Waals surface area contributed by atoms with Crippen molar-refractivity contribution in [1.29, 1.82) is 0 Å². The summed E-state index contributed by atoms with van der Waals surface area (Å²) in [6.45, 7) is 0. The standard InChI is InChI=1S/C12H12N2.ClH/c13-8-12(14)11-7-3-5-9-4-1-2-6-10(9)11;/h1-8H,13-14H2;1H. The highest BCUT2D eigenvalue weighted by atomic mass is 35.5. The van der Waals surface area contributed by atoms with E-state index < -0.39 is 0 Å². The molecule has 0 aliphatic rings. The van der Waals surface area contributed by atoms with Gasteiger partial charge in [0.2, 0.25) is 0 Å². The number of benzene rings is 2. The highest BCUT2D eigenvalue weighted by molar-refractivity contribution is 5.93. The van der Waals surface area contributed by atoms with E-state index in [1.165, 1.54) is 11.6 Å². The van der Waals surface area contributed by atoms with Gasteiger partial charge in [-0.3, -0.25) is 0 Å². The van der Waals surface area contributed by atoms with Crippen molar-refractivity contribution >= 4 is 28.9 Å². The van der Waals surface area contributed by atoms with Crippen LogP contribution >= 0.6 is 12.4 Å². The zero-order chi connectivity index (χ0) is 9.97. The molecule has 0 radical (unpaired) electrons. The molecular formula is C12H13ClN2. The van der Waals surface area contributed by atoms with Crippen LogP contribution in [0.25, 0.3) is 16.5 Å². The van der Waals surface area contributed by atoms with Crippen molar-refractivity contribution in [3.05, 3.63) is 54.2 Å². The van der Waals surface area contributed by atoms with Crippen LogP contribution in [0.1, 0.15) is 5.56 Å². The molecule has 0 fully saturated rings. The molecule has 2 rings (SSSR count). The molecule has 2 aromatic carbocycles. The van der Waals surface area contributed by atoms with E-state index in [9.17, 15) is 0 Å². The van der Waals surface area contributed by atoms with Gasteiger partial charge in [0.15, 0.2) is 0 Å². The summed E-state index contributed by atoms with van der Waals surface area (Å²) >= 11 is 0. The molecule has 0 atom stereocenters. The van der Waals surface area contributed by atoms with Gasteiger partial charge in [0, 0.05) is 11.8 Å². The van der Waals surface area contributed by atoms with E-state index in [0.717, 1.165) is 10.9 Å². The van der Waals surface area contributed by atoms with Gasteiger partial charge in [-0.25, -0.2) is 0 Å². The van der Waals surface area contributed by atoms with Crippen molar-refractivity contribution in [3.63, 3.8) is 0 Å². The molecule has 0 saturated heterocycles. The third-order valence-corrected chi connectivity index (χ3v) is 2.28. The number of fused-ring (bicyclic) bond motifs is 1. The Balaban J connectivity index is 0.00000112. The van der Waals surface area contributed by atoms with Crippen LogP contribution in [0.15, 0.2) is 48.7 Å². The SMILES string of the molecule is Cl.NC=C(N)c1cccc2ccccc12. The Morgan fingerprint density at radius 2 is 1.67 bits per heavy atom. The number of hydrogen-bond donors (Lipinski definition) is 2. The quantitative estimate of drug-likeness (QED) is 0.776. The highest BCUT2D eigenvalue weighted by Crippen LogP contribution is 2.21. The van der Waals surface area contributed by atoms with Gasteiger partial charge in [0.25, 0.3) is 0 Å². The van der Waals surface area contributed by atoms with Crippen LogP contribution in [0, 0.1) is 0 Å². The summed E-state index contributed by atoms with van der Waals surface area (Å²) in [4.78, 5) is 0. The molecular weight excluding hydrogens is 208 g/mol. The number of rotatable bonds is 1. The number of halogens is 1. The maximum Gasteiger partial charge on any atom is 0.0551 e. The monoisotopic (exact) mass is 220 g/mol. The van der Waals surface area contributed by atoms with E-state index in [-0.39, 0.29) is 12.4 Å². The lowest BCUT2D eigenvalue weighted by Crippen LogP contribution is -2.00. The molecule has 0 bridgehead atoms. The molecule has 2 aromatic rings. The summed E-state index contributed by atoms with van der Waals surface area (Å²) in [7, 11) is 0. The summed E-state index contributed by atoms with van der Waals surface area (Å²) in [5, 5.41) is 2.31. The second kappa shape index (κ2) is 4.71. The van der Waals surface area contributed by atoms with Gasteiger partial charge in [-0.15, -0.1) is 12.4 Å². The zero-order valence-electron chi connectivity index (χ0n) is 8.18. The Kier molecular flexibility index (Phi) is 3.58. The van der Waals surface area contributed by atoms with Gasteiger partial charge < -0.3 is 11.5 Å². The maximum absolute atomic E-state index is 5.80. The molecule has 0 heterocycles. The molecule has 2 nitrogen and oxygen atoms in total. The minimum absolute atomic E-state index is 0. The lowest BCUT2D eigenvalue weighted by molar-refractivity contribution is 1.49. The van der Waals surface area contributed by atoms with E-state index >= 15 is 0 Å². The third kappa shape index (κ3) is 2.05. The molecule has 4 N–H and O–H groups in total. The molecule has 0 amide bonds. The first-order chi connectivity index (χ1) is 6.83. The van der Waals surface area contributed by atoms with E-state index in [0.29, 0.717) is 5.70 Å². The van der Waals surface area contributed by atoms with Gasteiger partial charge in [0.1, 0.15) is 0 Å². The van der Waals surface area contributed by atoms with E-state index in [1.54, 1.807) is 0 Å². The van der Waals surface area contributed by atoms with Crippen molar-refractivity contribution < 1.29 is 0 Å². The van der Waals surface area contributed by atoms with Crippen LogP contribution in [0.3, 0.4) is 0 Å². The molecule has 0 aliphatic carbocycles. The van der Waals surface area contributed by atoms with E-state index in [1.807, 2.05) is 30.3 Å².